The van der Waals surface area contributed by atoms with E-state index >= 15 is 0 Å². The minimum Gasteiger partial charge on any atom is -0.378 e. The number of hydrogen-bond donors (Lipinski definition) is 0. The molecule has 0 bridgehead atoms. The predicted octanol–water partition coefficient (Wildman–Crippen LogP) is 1.08. The maximum Gasteiger partial charge on any atom is 0.282 e. The molecule has 15 heavy (non-hydrogen) atoms. The minimum atomic E-state index is -2.60. The van der Waals surface area contributed by atoms with E-state index in [4.69, 9.17) is 4.74 Å². The fraction of sp³-hybridized carbons (Fsp3) is 0.556. The van der Waals surface area contributed by atoms with Crippen molar-refractivity contribution >= 4 is 5.95 Å². The van der Waals surface area contributed by atoms with Crippen LogP contribution in [-0.2, 0) is 11.3 Å². The third-order valence-electron chi connectivity index (χ3n) is 2.12. The van der Waals surface area contributed by atoms with Gasteiger partial charge in [-0.1, -0.05) is 0 Å². The minimum absolute atomic E-state index is 0.302. The number of anilines is 1. The molecule has 2 rings (SSSR count). The zero-order valence-electron chi connectivity index (χ0n) is 8.28. The number of nitrogens with zero attached hydrogens (tertiary/aromatic N) is 3. The first-order valence-corrected chi connectivity index (χ1v) is 4.54. The molecule has 0 atom stereocenters. The Hall–Kier alpha value is -1.30. The smallest absolute Gasteiger partial charge is 0.282 e. The zero-order valence-corrected chi connectivity index (χ0v) is 8.28. The van der Waals surface area contributed by atoms with Crippen molar-refractivity contribution in [2.45, 2.75) is 12.5 Å². The van der Waals surface area contributed by atoms with Crippen molar-refractivity contribution in [3.05, 3.63) is 18.0 Å². The van der Waals surface area contributed by atoms with Gasteiger partial charge in [0, 0.05) is 13.3 Å². The van der Waals surface area contributed by atoms with Gasteiger partial charge < -0.3 is 9.64 Å². The molecule has 1 aliphatic heterocycles. The molecule has 82 valence electrons. The maximum atomic E-state index is 12.6. The average Bonchev–Trinajstić information content (AvgIpc) is 2.15. The van der Waals surface area contributed by atoms with Crippen LogP contribution in [0.25, 0.3) is 0 Å². The Labute approximate surface area is 85.9 Å². The molecule has 6 heteroatoms. The molecule has 1 aromatic rings. The van der Waals surface area contributed by atoms with E-state index < -0.39 is 5.92 Å². The van der Waals surface area contributed by atoms with Crippen LogP contribution >= 0.6 is 0 Å². The van der Waals surface area contributed by atoms with Crippen LogP contribution in [0.4, 0.5) is 14.7 Å². The SMILES string of the molecule is COCc1ccnc(N2CC(F)(F)C2)n1. The second-order valence-corrected chi connectivity index (χ2v) is 3.49. The van der Waals surface area contributed by atoms with Gasteiger partial charge in [0.2, 0.25) is 5.95 Å². The summed E-state index contributed by atoms with van der Waals surface area (Å²) in [6, 6.07) is 1.70. The summed E-state index contributed by atoms with van der Waals surface area (Å²) in [5, 5.41) is 0. The van der Waals surface area contributed by atoms with Crippen LogP contribution in [0.15, 0.2) is 12.3 Å². The van der Waals surface area contributed by atoms with Gasteiger partial charge in [0.05, 0.1) is 25.4 Å². The first-order chi connectivity index (χ1) is 7.11. The molecule has 1 fully saturated rings. The molecular weight excluding hydrogens is 204 g/mol. The summed E-state index contributed by atoms with van der Waals surface area (Å²) < 4.78 is 30.1. The van der Waals surface area contributed by atoms with E-state index in [1.807, 2.05) is 0 Å². The molecule has 0 spiro atoms. The second-order valence-electron chi connectivity index (χ2n) is 3.49. The number of ether oxygens (including phenoxy) is 1. The van der Waals surface area contributed by atoms with Crippen molar-refractivity contribution in [2.75, 3.05) is 25.1 Å². The Morgan fingerprint density at radius 1 is 1.53 bits per heavy atom. The third-order valence-corrected chi connectivity index (χ3v) is 2.12. The monoisotopic (exact) mass is 215 g/mol. The van der Waals surface area contributed by atoms with Crippen molar-refractivity contribution in [2.24, 2.45) is 0 Å². The molecule has 0 saturated carbocycles. The van der Waals surface area contributed by atoms with Crippen molar-refractivity contribution in [3.63, 3.8) is 0 Å². The highest BCUT2D eigenvalue weighted by atomic mass is 19.3. The summed E-state index contributed by atoms with van der Waals surface area (Å²) in [6.07, 6.45) is 1.55. The summed E-state index contributed by atoms with van der Waals surface area (Å²) >= 11 is 0. The first-order valence-electron chi connectivity index (χ1n) is 4.54. The van der Waals surface area contributed by atoms with Gasteiger partial charge in [-0.05, 0) is 6.07 Å². The van der Waals surface area contributed by atoms with E-state index in [0.29, 0.717) is 18.2 Å². The lowest BCUT2D eigenvalue weighted by Gasteiger charge is -2.38. The molecule has 2 heterocycles. The van der Waals surface area contributed by atoms with E-state index in [9.17, 15) is 8.78 Å². The number of aromatic nitrogens is 2. The lowest BCUT2D eigenvalue weighted by molar-refractivity contribution is -0.0272. The van der Waals surface area contributed by atoms with Gasteiger partial charge in [-0.2, -0.15) is 0 Å². The topological polar surface area (TPSA) is 38.2 Å². The van der Waals surface area contributed by atoms with Gasteiger partial charge in [-0.15, -0.1) is 0 Å². The fourth-order valence-corrected chi connectivity index (χ4v) is 1.42. The van der Waals surface area contributed by atoms with Crippen LogP contribution in [0, 0.1) is 0 Å². The Balaban J connectivity index is 2.06. The van der Waals surface area contributed by atoms with Crippen molar-refractivity contribution in [3.8, 4) is 0 Å². The van der Waals surface area contributed by atoms with E-state index in [0.717, 1.165) is 0 Å². The number of rotatable bonds is 3. The quantitative estimate of drug-likeness (QED) is 0.756. The van der Waals surface area contributed by atoms with Crippen molar-refractivity contribution in [1.29, 1.82) is 0 Å². The van der Waals surface area contributed by atoms with Gasteiger partial charge in [-0.25, -0.2) is 18.7 Å². The summed E-state index contributed by atoms with van der Waals surface area (Å²) in [7, 11) is 1.56. The van der Waals surface area contributed by atoms with E-state index in [1.165, 1.54) is 4.90 Å². The van der Waals surface area contributed by atoms with Gasteiger partial charge in [0.25, 0.3) is 5.92 Å². The van der Waals surface area contributed by atoms with Crippen LogP contribution < -0.4 is 4.90 Å². The lowest BCUT2D eigenvalue weighted by atomic mass is 10.2. The third kappa shape index (κ3) is 2.20. The molecule has 0 radical (unpaired) electrons. The standard InChI is InChI=1S/C9H11F2N3O/c1-15-4-7-2-3-12-8(13-7)14-5-9(10,11)6-14/h2-3H,4-6H2,1H3. The summed E-state index contributed by atoms with van der Waals surface area (Å²) in [5.41, 5.74) is 0.692. The molecule has 1 saturated heterocycles. The van der Waals surface area contributed by atoms with Gasteiger partial charge >= 0.3 is 0 Å². The van der Waals surface area contributed by atoms with Crippen LogP contribution in [-0.4, -0.2) is 36.1 Å². The fourth-order valence-electron chi connectivity index (χ4n) is 1.42. The second kappa shape index (κ2) is 3.69. The number of methoxy groups -OCH3 is 1. The Kier molecular flexibility index (Phi) is 2.52. The van der Waals surface area contributed by atoms with Crippen molar-refractivity contribution in [1.82, 2.24) is 9.97 Å². The Morgan fingerprint density at radius 3 is 2.87 bits per heavy atom. The molecular formula is C9H11F2N3O. The molecule has 0 amide bonds. The van der Waals surface area contributed by atoms with Crippen LogP contribution in [0.3, 0.4) is 0 Å². The summed E-state index contributed by atoms with van der Waals surface area (Å²) in [6.45, 7) is -0.243. The highest BCUT2D eigenvalue weighted by Gasteiger charge is 2.45. The average molecular weight is 215 g/mol. The molecule has 0 unspecified atom stereocenters. The van der Waals surface area contributed by atoms with E-state index in [1.54, 1.807) is 19.4 Å². The molecule has 0 aromatic carbocycles. The maximum absolute atomic E-state index is 12.6. The Bertz CT molecular complexity index is 351. The highest BCUT2D eigenvalue weighted by Crippen LogP contribution is 2.29. The number of hydrogen-bond acceptors (Lipinski definition) is 4. The summed E-state index contributed by atoms with van der Waals surface area (Å²) in [4.78, 5) is 9.49. The molecule has 0 aliphatic carbocycles. The molecule has 1 aromatic heterocycles. The van der Waals surface area contributed by atoms with Gasteiger partial charge in [-0.3, -0.25) is 0 Å². The van der Waals surface area contributed by atoms with E-state index in [-0.39, 0.29) is 13.1 Å². The number of halogens is 2. The van der Waals surface area contributed by atoms with E-state index in [2.05, 4.69) is 9.97 Å². The Morgan fingerprint density at radius 2 is 2.27 bits per heavy atom. The first kappa shape index (κ1) is 10.2. The van der Waals surface area contributed by atoms with Gasteiger partial charge in [0.1, 0.15) is 0 Å². The normalized spacial score (nSPS) is 18.7. The van der Waals surface area contributed by atoms with Gasteiger partial charge in [0.15, 0.2) is 0 Å². The van der Waals surface area contributed by atoms with Crippen LogP contribution in [0.1, 0.15) is 5.69 Å². The summed E-state index contributed by atoms with van der Waals surface area (Å²) in [5.74, 6) is -2.25. The largest absolute Gasteiger partial charge is 0.378 e. The lowest BCUT2D eigenvalue weighted by Crippen LogP contribution is -2.57. The number of alkyl halides is 2. The molecule has 0 N–H and O–H groups in total. The van der Waals surface area contributed by atoms with Crippen LogP contribution in [0.2, 0.25) is 0 Å². The zero-order chi connectivity index (χ0) is 10.9. The molecule has 1 aliphatic rings. The molecule has 4 nitrogen and oxygen atoms in total. The predicted molar refractivity (Wildman–Crippen MR) is 49.9 cm³/mol. The van der Waals surface area contributed by atoms with Crippen LogP contribution in [0.5, 0.6) is 0 Å². The highest BCUT2D eigenvalue weighted by molar-refractivity contribution is 5.36. The van der Waals surface area contributed by atoms with Crippen molar-refractivity contribution < 1.29 is 13.5 Å².